The third kappa shape index (κ3) is 6.88. The van der Waals surface area contributed by atoms with Crippen molar-refractivity contribution in [3.8, 4) is 5.75 Å². The van der Waals surface area contributed by atoms with E-state index in [0.717, 1.165) is 24.8 Å². The second-order valence-corrected chi connectivity index (χ2v) is 7.85. The molecule has 0 bridgehead atoms. The maximum atomic E-state index is 12.2. The summed E-state index contributed by atoms with van der Waals surface area (Å²) in [7, 11) is -1.76. The van der Waals surface area contributed by atoms with Gasteiger partial charge in [0.25, 0.3) is 0 Å². The fourth-order valence-corrected chi connectivity index (χ4v) is 3.22. The third-order valence-corrected chi connectivity index (χ3v) is 5.00. The highest BCUT2D eigenvalue weighted by molar-refractivity contribution is 7.88. The van der Waals surface area contributed by atoms with Crippen molar-refractivity contribution in [2.45, 2.75) is 39.5 Å². The molecule has 0 radical (unpaired) electrons. The van der Waals surface area contributed by atoms with Crippen molar-refractivity contribution in [2.24, 2.45) is 0 Å². The van der Waals surface area contributed by atoms with Gasteiger partial charge in [0.15, 0.2) is 0 Å². The van der Waals surface area contributed by atoms with Gasteiger partial charge in [0.2, 0.25) is 15.9 Å². The first-order valence-corrected chi connectivity index (χ1v) is 10.0. The number of rotatable bonds is 10. The van der Waals surface area contributed by atoms with E-state index in [1.165, 1.54) is 10.6 Å². The summed E-state index contributed by atoms with van der Waals surface area (Å²) < 4.78 is 30.2. The monoisotopic (exact) mass is 356 g/mol. The van der Waals surface area contributed by atoms with E-state index in [0.29, 0.717) is 18.0 Å². The second kappa shape index (κ2) is 9.64. The number of unbranched alkanes of at least 4 members (excludes halogenated alkanes) is 2. The predicted molar refractivity (Wildman–Crippen MR) is 96.9 cm³/mol. The maximum Gasteiger partial charge on any atom is 0.225 e. The number of carbonyl (C=O) groups excluding carboxylic acids is 1. The van der Waals surface area contributed by atoms with Crippen LogP contribution in [0.1, 0.15) is 38.2 Å². The summed E-state index contributed by atoms with van der Waals surface area (Å²) in [6, 6.07) is 5.51. The largest absolute Gasteiger partial charge is 0.495 e. The average Bonchev–Trinajstić information content (AvgIpc) is 2.49. The topological polar surface area (TPSA) is 75.7 Å². The number of nitrogens with one attached hydrogen (secondary N) is 1. The standard InChI is InChI=1S/C17H28N2O4S/c1-5-6-7-11-19(24(4,21)22)12-10-17(20)18-15-13-14(2)8-9-16(15)23-3/h8-9,13H,5-7,10-12H2,1-4H3,(H,18,20). The van der Waals surface area contributed by atoms with Crippen molar-refractivity contribution in [1.82, 2.24) is 4.31 Å². The van der Waals surface area contributed by atoms with Gasteiger partial charge in [0.1, 0.15) is 5.75 Å². The molecule has 0 fully saturated rings. The first-order valence-electron chi connectivity index (χ1n) is 8.17. The number of sulfonamides is 1. The molecule has 1 N–H and O–H groups in total. The van der Waals surface area contributed by atoms with Crippen LogP contribution in [0, 0.1) is 6.92 Å². The highest BCUT2D eigenvalue weighted by atomic mass is 32.2. The lowest BCUT2D eigenvalue weighted by atomic mass is 10.2. The molecule has 0 heterocycles. The summed E-state index contributed by atoms with van der Waals surface area (Å²) >= 11 is 0. The number of hydrogen-bond acceptors (Lipinski definition) is 4. The van der Waals surface area contributed by atoms with Crippen molar-refractivity contribution in [3.05, 3.63) is 23.8 Å². The average molecular weight is 356 g/mol. The number of amides is 1. The molecule has 0 aliphatic rings. The molecular weight excluding hydrogens is 328 g/mol. The Morgan fingerprint density at radius 2 is 1.96 bits per heavy atom. The Bertz CT molecular complexity index is 644. The summed E-state index contributed by atoms with van der Waals surface area (Å²) in [5, 5.41) is 2.79. The van der Waals surface area contributed by atoms with Crippen LogP contribution in [0.25, 0.3) is 0 Å². The van der Waals surface area contributed by atoms with Gasteiger partial charge in [-0.05, 0) is 31.0 Å². The van der Waals surface area contributed by atoms with Crippen LogP contribution in [0.3, 0.4) is 0 Å². The summed E-state index contributed by atoms with van der Waals surface area (Å²) in [5.74, 6) is 0.347. The van der Waals surface area contributed by atoms with Crippen molar-refractivity contribution in [1.29, 1.82) is 0 Å². The van der Waals surface area contributed by atoms with Gasteiger partial charge in [-0.1, -0.05) is 25.8 Å². The van der Waals surface area contributed by atoms with Gasteiger partial charge < -0.3 is 10.1 Å². The second-order valence-electron chi connectivity index (χ2n) is 5.87. The molecule has 6 nitrogen and oxygen atoms in total. The van der Waals surface area contributed by atoms with Crippen LogP contribution >= 0.6 is 0 Å². The van der Waals surface area contributed by atoms with Crippen molar-refractivity contribution in [3.63, 3.8) is 0 Å². The minimum absolute atomic E-state index is 0.107. The molecule has 1 amide bonds. The number of ether oxygens (including phenoxy) is 1. The Kier molecular flexibility index (Phi) is 8.21. The molecular formula is C17H28N2O4S. The Hall–Kier alpha value is -1.60. The minimum Gasteiger partial charge on any atom is -0.495 e. The Morgan fingerprint density at radius 3 is 2.54 bits per heavy atom. The van der Waals surface area contributed by atoms with E-state index in [1.54, 1.807) is 13.2 Å². The van der Waals surface area contributed by atoms with Gasteiger partial charge in [-0.3, -0.25) is 4.79 Å². The molecule has 0 saturated carbocycles. The summed E-state index contributed by atoms with van der Waals surface area (Å²) in [4.78, 5) is 12.2. The maximum absolute atomic E-state index is 12.2. The predicted octanol–water partition coefficient (Wildman–Crippen LogP) is 2.78. The Morgan fingerprint density at radius 1 is 1.25 bits per heavy atom. The normalized spacial score (nSPS) is 11.5. The number of anilines is 1. The SMILES string of the molecule is CCCCCN(CCC(=O)Nc1cc(C)ccc1OC)S(C)(=O)=O. The lowest BCUT2D eigenvalue weighted by Gasteiger charge is -2.19. The zero-order valence-corrected chi connectivity index (χ0v) is 15.8. The van der Waals surface area contributed by atoms with E-state index in [2.05, 4.69) is 12.2 Å². The van der Waals surface area contributed by atoms with Crippen LogP contribution in [0.2, 0.25) is 0 Å². The zero-order valence-electron chi connectivity index (χ0n) is 15.0. The number of nitrogens with zero attached hydrogens (tertiary/aromatic N) is 1. The first kappa shape index (κ1) is 20.4. The van der Waals surface area contributed by atoms with Crippen LogP contribution in [0.5, 0.6) is 5.75 Å². The van der Waals surface area contributed by atoms with E-state index in [1.807, 2.05) is 19.1 Å². The molecule has 0 aromatic heterocycles. The van der Waals surface area contributed by atoms with Gasteiger partial charge in [-0.15, -0.1) is 0 Å². The molecule has 0 spiro atoms. The highest BCUT2D eigenvalue weighted by Crippen LogP contribution is 2.25. The molecule has 0 atom stereocenters. The van der Waals surface area contributed by atoms with Gasteiger partial charge in [-0.2, -0.15) is 0 Å². The van der Waals surface area contributed by atoms with Crippen LogP contribution in [-0.4, -0.2) is 45.1 Å². The van der Waals surface area contributed by atoms with E-state index >= 15 is 0 Å². The molecule has 1 aromatic carbocycles. The van der Waals surface area contributed by atoms with Gasteiger partial charge in [-0.25, -0.2) is 12.7 Å². The third-order valence-electron chi connectivity index (χ3n) is 3.70. The molecule has 0 unspecified atom stereocenters. The highest BCUT2D eigenvalue weighted by Gasteiger charge is 2.17. The lowest BCUT2D eigenvalue weighted by molar-refractivity contribution is -0.116. The van der Waals surface area contributed by atoms with Crippen LogP contribution in [0.4, 0.5) is 5.69 Å². The number of hydrogen-bond donors (Lipinski definition) is 1. The smallest absolute Gasteiger partial charge is 0.225 e. The molecule has 24 heavy (non-hydrogen) atoms. The molecule has 1 rings (SSSR count). The van der Waals surface area contributed by atoms with Crippen molar-refractivity contribution < 1.29 is 17.9 Å². The molecule has 0 saturated heterocycles. The van der Waals surface area contributed by atoms with E-state index in [4.69, 9.17) is 4.74 Å². The van der Waals surface area contributed by atoms with Gasteiger partial charge >= 0.3 is 0 Å². The Balaban J connectivity index is 2.64. The molecule has 136 valence electrons. The lowest BCUT2D eigenvalue weighted by Crippen LogP contribution is -2.33. The Labute approximate surface area is 145 Å². The van der Waals surface area contributed by atoms with Crippen molar-refractivity contribution in [2.75, 3.05) is 31.8 Å². The van der Waals surface area contributed by atoms with E-state index in [9.17, 15) is 13.2 Å². The molecule has 0 aliphatic carbocycles. The summed E-state index contributed by atoms with van der Waals surface area (Å²) in [6.07, 6.45) is 4.08. The number of benzene rings is 1. The molecule has 1 aromatic rings. The summed E-state index contributed by atoms with van der Waals surface area (Å²) in [6.45, 7) is 4.62. The van der Waals surface area contributed by atoms with E-state index < -0.39 is 10.0 Å². The van der Waals surface area contributed by atoms with Gasteiger partial charge in [0.05, 0.1) is 19.1 Å². The number of carbonyl (C=O) groups is 1. The molecule has 0 aliphatic heterocycles. The van der Waals surface area contributed by atoms with Gasteiger partial charge in [0, 0.05) is 19.5 Å². The number of methoxy groups -OCH3 is 1. The number of aryl methyl sites for hydroxylation is 1. The molecule has 7 heteroatoms. The minimum atomic E-state index is -3.30. The van der Waals surface area contributed by atoms with Crippen LogP contribution in [-0.2, 0) is 14.8 Å². The summed E-state index contributed by atoms with van der Waals surface area (Å²) in [5.41, 5.74) is 1.60. The van der Waals surface area contributed by atoms with Crippen LogP contribution < -0.4 is 10.1 Å². The zero-order chi connectivity index (χ0) is 18.2. The quantitative estimate of drug-likeness (QED) is 0.654. The van der Waals surface area contributed by atoms with Crippen LogP contribution in [0.15, 0.2) is 18.2 Å². The fourth-order valence-electron chi connectivity index (χ4n) is 2.34. The fraction of sp³-hybridized carbons (Fsp3) is 0.588. The van der Waals surface area contributed by atoms with E-state index in [-0.39, 0.29) is 18.9 Å². The first-order chi connectivity index (χ1) is 11.3. The van der Waals surface area contributed by atoms with Crippen molar-refractivity contribution >= 4 is 21.6 Å².